The van der Waals surface area contributed by atoms with Gasteiger partial charge in [-0.25, -0.2) is 9.18 Å². The van der Waals surface area contributed by atoms with Crippen LogP contribution in [0.5, 0.6) is 0 Å². The highest BCUT2D eigenvalue weighted by atomic mass is 19.4. The van der Waals surface area contributed by atoms with Crippen molar-refractivity contribution in [3.63, 3.8) is 0 Å². The van der Waals surface area contributed by atoms with Crippen LogP contribution in [-0.2, 0) is 4.79 Å². The van der Waals surface area contributed by atoms with Crippen LogP contribution < -0.4 is 0 Å². The van der Waals surface area contributed by atoms with Crippen molar-refractivity contribution in [3.05, 3.63) is 0 Å². The summed E-state index contributed by atoms with van der Waals surface area (Å²) in [5.74, 6) is -2.91. The minimum Gasteiger partial charge on any atom is -0.479 e. The Kier molecular flexibility index (Phi) is 4.38. The van der Waals surface area contributed by atoms with E-state index < -0.39 is 30.2 Å². The molecule has 0 spiro atoms. The lowest BCUT2D eigenvalue weighted by Gasteiger charge is -2.27. The monoisotopic (exact) mass is 256 g/mol. The van der Waals surface area contributed by atoms with Gasteiger partial charge in [-0.05, 0) is 5.92 Å². The first-order valence-corrected chi connectivity index (χ1v) is 5.76. The smallest absolute Gasteiger partial charge is 0.433 e. The van der Waals surface area contributed by atoms with Gasteiger partial charge in [0.1, 0.15) is 0 Å². The summed E-state index contributed by atoms with van der Waals surface area (Å²) in [5, 5.41) is 8.47. The lowest BCUT2D eigenvalue weighted by Crippen LogP contribution is -2.49. The van der Waals surface area contributed by atoms with Gasteiger partial charge in [0.05, 0.1) is 0 Å². The highest BCUT2D eigenvalue weighted by Crippen LogP contribution is 2.41. The highest BCUT2D eigenvalue weighted by molar-refractivity contribution is 5.78. The molecule has 1 saturated carbocycles. The van der Waals surface area contributed by atoms with E-state index >= 15 is 0 Å². The fraction of sp³-hybridized carbons (Fsp3) is 0.909. The van der Waals surface area contributed by atoms with Crippen molar-refractivity contribution < 1.29 is 27.5 Å². The number of halogens is 4. The number of aliphatic carboxylic acids is 1. The lowest BCUT2D eigenvalue weighted by molar-refractivity contribution is -0.240. The zero-order valence-corrected chi connectivity index (χ0v) is 9.39. The third-order valence-electron chi connectivity index (χ3n) is 3.33. The van der Waals surface area contributed by atoms with Gasteiger partial charge in [0, 0.05) is 6.42 Å². The van der Waals surface area contributed by atoms with Gasteiger partial charge in [-0.15, -0.1) is 0 Å². The molecule has 1 fully saturated rings. The predicted octanol–water partition coefficient (Wildman–Crippen LogP) is 3.70. The van der Waals surface area contributed by atoms with Crippen LogP contribution in [0.1, 0.15) is 44.9 Å². The fourth-order valence-electron chi connectivity index (χ4n) is 2.29. The Morgan fingerprint density at radius 2 is 1.53 bits per heavy atom. The van der Waals surface area contributed by atoms with Gasteiger partial charge in [-0.1, -0.05) is 38.5 Å². The largest absolute Gasteiger partial charge is 0.479 e. The van der Waals surface area contributed by atoms with Gasteiger partial charge in [-0.3, -0.25) is 0 Å². The Balaban J connectivity index is 2.76. The maximum atomic E-state index is 13.6. The molecule has 0 heterocycles. The molecule has 0 saturated heterocycles. The second-order valence-electron chi connectivity index (χ2n) is 4.67. The SMILES string of the molecule is O=C(O)C(F)(CC1CCCCCC1)C(F)(F)F. The molecule has 1 N–H and O–H groups in total. The van der Waals surface area contributed by atoms with Gasteiger partial charge in [0.15, 0.2) is 0 Å². The molecular formula is C11H16F4O2. The normalized spacial score (nSPS) is 22.8. The highest BCUT2D eigenvalue weighted by Gasteiger charge is 2.62. The first-order chi connectivity index (χ1) is 7.77. The molecule has 100 valence electrons. The van der Waals surface area contributed by atoms with Crippen LogP contribution in [0.15, 0.2) is 0 Å². The van der Waals surface area contributed by atoms with E-state index in [1.165, 1.54) is 0 Å². The van der Waals surface area contributed by atoms with E-state index in [4.69, 9.17) is 5.11 Å². The van der Waals surface area contributed by atoms with Crippen molar-refractivity contribution in [1.82, 2.24) is 0 Å². The van der Waals surface area contributed by atoms with Crippen molar-refractivity contribution in [1.29, 1.82) is 0 Å². The van der Waals surface area contributed by atoms with Gasteiger partial charge < -0.3 is 5.11 Å². The first kappa shape index (κ1) is 14.3. The zero-order chi connectivity index (χ0) is 13.1. The van der Waals surface area contributed by atoms with Crippen LogP contribution in [0, 0.1) is 5.92 Å². The van der Waals surface area contributed by atoms with Crippen molar-refractivity contribution >= 4 is 5.97 Å². The summed E-state index contributed by atoms with van der Waals surface area (Å²) in [7, 11) is 0. The average Bonchev–Trinajstić information content (AvgIpc) is 2.44. The summed E-state index contributed by atoms with van der Waals surface area (Å²) in [5.41, 5.74) is -4.10. The summed E-state index contributed by atoms with van der Waals surface area (Å²) in [6.07, 6.45) is -1.98. The molecule has 0 aromatic rings. The van der Waals surface area contributed by atoms with Crippen LogP contribution in [0.3, 0.4) is 0 Å². The third-order valence-corrected chi connectivity index (χ3v) is 3.33. The summed E-state index contributed by atoms with van der Waals surface area (Å²) >= 11 is 0. The molecule has 17 heavy (non-hydrogen) atoms. The molecule has 1 aliphatic rings. The summed E-state index contributed by atoms with van der Waals surface area (Å²) in [6.45, 7) is 0. The maximum Gasteiger partial charge on any atom is 0.433 e. The quantitative estimate of drug-likeness (QED) is 0.617. The summed E-state index contributed by atoms with van der Waals surface area (Å²) < 4.78 is 51.0. The number of alkyl halides is 4. The van der Waals surface area contributed by atoms with E-state index in [0.29, 0.717) is 12.8 Å². The number of carboxylic acids is 1. The van der Waals surface area contributed by atoms with Crippen molar-refractivity contribution in [2.45, 2.75) is 56.8 Å². The Morgan fingerprint density at radius 3 is 1.88 bits per heavy atom. The number of carbonyl (C=O) groups is 1. The predicted molar refractivity (Wildman–Crippen MR) is 53.3 cm³/mol. The number of carboxylic acid groups (broad SMARTS) is 1. The van der Waals surface area contributed by atoms with Crippen molar-refractivity contribution in [3.8, 4) is 0 Å². The molecule has 0 bridgehead atoms. The number of hydrogen-bond acceptors (Lipinski definition) is 1. The minimum atomic E-state index is -5.34. The standard InChI is InChI=1S/C11H16F4O2/c12-10(9(16)17,11(13,14)15)7-8-5-3-1-2-4-6-8/h8H,1-7H2,(H,16,17). The summed E-state index contributed by atoms with van der Waals surface area (Å²) in [6, 6.07) is 0. The average molecular weight is 256 g/mol. The fourth-order valence-corrected chi connectivity index (χ4v) is 2.29. The number of hydrogen-bond donors (Lipinski definition) is 1. The van der Waals surface area contributed by atoms with E-state index in [2.05, 4.69) is 0 Å². The lowest BCUT2D eigenvalue weighted by atomic mass is 9.86. The molecule has 1 unspecified atom stereocenters. The molecule has 1 atom stereocenters. The van der Waals surface area contributed by atoms with Crippen LogP contribution in [0.25, 0.3) is 0 Å². The molecule has 6 heteroatoms. The van der Waals surface area contributed by atoms with Gasteiger partial charge in [0.25, 0.3) is 0 Å². The Labute approximate surface area is 97.0 Å². The van der Waals surface area contributed by atoms with Crippen LogP contribution >= 0.6 is 0 Å². The van der Waals surface area contributed by atoms with Gasteiger partial charge in [0.2, 0.25) is 0 Å². The van der Waals surface area contributed by atoms with Crippen molar-refractivity contribution in [2.24, 2.45) is 5.92 Å². The molecular weight excluding hydrogens is 240 g/mol. The molecule has 1 rings (SSSR count). The molecule has 2 nitrogen and oxygen atoms in total. The molecule has 0 aliphatic heterocycles. The second kappa shape index (κ2) is 5.23. The van der Waals surface area contributed by atoms with E-state index in [0.717, 1.165) is 25.7 Å². The molecule has 1 aliphatic carbocycles. The van der Waals surface area contributed by atoms with Gasteiger partial charge in [-0.2, -0.15) is 13.2 Å². The van der Waals surface area contributed by atoms with E-state index in [1.807, 2.05) is 0 Å². The zero-order valence-electron chi connectivity index (χ0n) is 9.39. The first-order valence-electron chi connectivity index (χ1n) is 5.76. The van der Waals surface area contributed by atoms with E-state index in [-0.39, 0.29) is 0 Å². The molecule has 0 aromatic heterocycles. The van der Waals surface area contributed by atoms with E-state index in [9.17, 15) is 22.4 Å². The van der Waals surface area contributed by atoms with Crippen molar-refractivity contribution in [2.75, 3.05) is 0 Å². The van der Waals surface area contributed by atoms with Crippen LogP contribution in [0.4, 0.5) is 17.6 Å². The van der Waals surface area contributed by atoms with Crippen LogP contribution in [0.2, 0.25) is 0 Å². The molecule has 0 amide bonds. The topological polar surface area (TPSA) is 37.3 Å². The Hall–Kier alpha value is -0.810. The van der Waals surface area contributed by atoms with E-state index in [1.54, 1.807) is 0 Å². The molecule has 0 radical (unpaired) electrons. The number of rotatable bonds is 3. The van der Waals surface area contributed by atoms with Gasteiger partial charge >= 0.3 is 17.8 Å². The minimum absolute atomic E-state index is 0.481. The van der Waals surface area contributed by atoms with Crippen LogP contribution in [-0.4, -0.2) is 22.9 Å². The second-order valence-corrected chi connectivity index (χ2v) is 4.67. The third kappa shape index (κ3) is 3.33. The maximum absolute atomic E-state index is 13.6. The molecule has 0 aromatic carbocycles. The Morgan fingerprint density at radius 1 is 1.06 bits per heavy atom. The Bertz CT molecular complexity index is 269. The summed E-state index contributed by atoms with van der Waals surface area (Å²) in [4.78, 5) is 10.5.